The molecule has 0 spiro atoms. The fourth-order valence-electron chi connectivity index (χ4n) is 5.92. The molecule has 0 aliphatic carbocycles. The van der Waals surface area contributed by atoms with Crippen molar-refractivity contribution in [2.45, 2.75) is 77.9 Å². The maximum absolute atomic E-state index is 15.0. The summed E-state index contributed by atoms with van der Waals surface area (Å²) in [5.74, 6) is -2.05. The number of amides is 3. The summed E-state index contributed by atoms with van der Waals surface area (Å²) in [6.45, 7) is 6.23. The zero-order valence-corrected chi connectivity index (χ0v) is 31.2. The number of benzene rings is 2. The zero-order chi connectivity index (χ0) is 37.6. The van der Waals surface area contributed by atoms with Crippen molar-refractivity contribution in [3.05, 3.63) is 83.7 Å². The quantitative estimate of drug-likeness (QED) is 0.0912. The van der Waals surface area contributed by atoms with Crippen LogP contribution in [0, 0.1) is 17.0 Å². The molecular formula is C38H50BrF2N5O5. The molecule has 0 aliphatic heterocycles. The lowest BCUT2D eigenvalue weighted by Crippen LogP contribution is -2.46. The van der Waals surface area contributed by atoms with E-state index in [9.17, 15) is 33.1 Å². The van der Waals surface area contributed by atoms with Gasteiger partial charge in [0.15, 0.2) is 0 Å². The number of aliphatic hydroxyl groups is 1. The number of nitrogens with one attached hydrogen (secondary N) is 2. The lowest BCUT2D eigenvalue weighted by molar-refractivity contribution is -0.139. The third-order valence-electron chi connectivity index (χ3n) is 8.45. The Hall–Kier alpha value is -3.94. The smallest absolute Gasteiger partial charge is 0.248 e. The summed E-state index contributed by atoms with van der Waals surface area (Å²) in [6.07, 6.45) is 3.65. The van der Waals surface area contributed by atoms with Crippen LogP contribution in [0.15, 0.2) is 60.8 Å². The summed E-state index contributed by atoms with van der Waals surface area (Å²) in [5, 5.41) is 15.9. The van der Waals surface area contributed by atoms with Gasteiger partial charge in [0.05, 0.1) is 11.4 Å². The number of halogens is 3. The van der Waals surface area contributed by atoms with Crippen LogP contribution in [0.3, 0.4) is 0 Å². The fraction of sp³-hybridized carbons (Fsp3) is 0.474. The first-order chi connectivity index (χ1) is 24.2. The van der Waals surface area contributed by atoms with Crippen molar-refractivity contribution in [2.24, 2.45) is 11.1 Å². The highest BCUT2D eigenvalue weighted by molar-refractivity contribution is 9.09. The van der Waals surface area contributed by atoms with E-state index in [1.54, 1.807) is 17.2 Å². The second kappa shape index (κ2) is 20.2. The number of aromatic nitrogens is 1. The minimum Gasteiger partial charge on any atom is -0.387 e. The summed E-state index contributed by atoms with van der Waals surface area (Å²) < 4.78 is 31.2. The van der Waals surface area contributed by atoms with E-state index in [2.05, 4.69) is 26.6 Å². The van der Waals surface area contributed by atoms with Crippen molar-refractivity contribution < 1.29 is 33.1 Å². The van der Waals surface area contributed by atoms with Gasteiger partial charge in [0, 0.05) is 74.5 Å². The van der Waals surface area contributed by atoms with E-state index in [1.165, 1.54) is 0 Å². The number of nitrogens with zero attached hydrogens (tertiary/aromatic N) is 2. The van der Waals surface area contributed by atoms with Crippen LogP contribution in [0.25, 0.3) is 11.1 Å². The van der Waals surface area contributed by atoms with Crippen molar-refractivity contribution in [2.75, 3.05) is 31.6 Å². The highest BCUT2D eigenvalue weighted by Crippen LogP contribution is 2.41. The molecule has 0 radical (unpaired) electrons. The van der Waals surface area contributed by atoms with E-state index < -0.39 is 41.6 Å². The summed E-state index contributed by atoms with van der Waals surface area (Å²) >= 11 is 3.11. The summed E-state index contributed by atoms with van der Waals surface area (Å²) in [6, 6.07) is 13.5. The van der Waals surface area contributed by atoms with E-state index in [0.29, 0.717) is 55.4 Å². The second-order valence-electron chi connectivity index (χ2n) is 13.7. The molecule has 1 aromatic heterocycles. The van der Waals surface area contributed by atoms with Gasteiger partial charge in [-0.15, -0.1) is 0 Å². The van der Waals surface area contributed by atoms with E-state index >= 15 is 0 Å². The Labute approximate surface area is 307 Å². The topological polar surface area (TPSA) is 147 Å². The predicted octanol–water partition coefficient (Wildman–Crippen LogP) is 5.25. The van der Waals surface area contributed by atoms with Crippen LogP contribution in [0.5, 0.6) is 0 Å². The molecule has 0 fully saturated rings. The van der Waals surface area contributed by atoms with Crippen LogP contribution < -0.4 is 16.4 Å². The van der Waals surface area contributed by atoms with Gasteiger partial charge >= 0.3 is 0 Å². The number of Topliss-reactive ketones (excluding diaryl/α,β-unsaturated/α-hetero) is 1. The molecule has 10 nitrogen and oxygen atoms in total. The summed E-state index contributed by atoms with van der Waals surface area (Å²) in [4.78, 5) is 50.8. The highest BCUT2D eigenvalue weighted by Gasteiger charge is 2.37. The number of aliphatic hydroxyl groups excluding tert-OH is 1. The molecule has 3 amide bonds. The molecule has 2 aromatic carbocycles. The first kappa shape index (κ1) is 41.5. The summed E-state index contributed by atoms with van der Waals surface area (Å²) in [7, 11) is 0. The molecule has 0 saturated carbocycles. The minimum atomic E-state index is -0.744. The predicted molar refractivity (Wildman–Crippen MR) is 197 cm³/mol. The molecule has 0 saturated heterocycles. The average molecular weight is 775 g/mol. The number of hydrogen-bond acceptors (Lipinski definition) is 6. The van der Waals surface area contributed by atoms with E-state index in [4.69, 9.17) is 5.73 Å². The number of hydrogen-bond donors (Lipinski definition) is 4. The number of carbonyl (C=O) groups is 4. The molecule has 0 unspecified atom stereocenters. The molecule has 13 heteroatoms. The van der Waals surface area contributed by atoms with Crippen LogP contribution in [0.1, 0.15) is 76.6 Å². The number of nitrogens with two attached hydrogens (primary N) is 1. The van der Waals surface area contributed by atoms with Crippen LogP contribution >= 0.6 is 15.9 Å². The Balaban J connectivity index is 1.71. The fourth-order valence-corrected chi connectivity index (χ4v) is 6.20. The van der Waals surface area contributed by atoms with Crippen molar-refractivity contribution in [3.8, 4) is 11.1 Å². The van der Waals surface area contributed by atoms with E-state index in [-0.39, 0.29) is 49.1 Å². The molecule has 3 rings (SSSR count). The molecule has 0 bridgehead atoms. The van der Waals surface area contributed by atoms with Gasteiger partial charge in [-0.25, -0.2) is 8.78 Å². The third kappa shape index (κ3) is 13.3. The first-order valence-corrected chi connectivity index (χ1v) is 18.3. The number of ketones is 1. The monoisotopic (exact) mass is 773 g/mol. The van der Waals surface area contributed by atoms with Gasteiger partial charge in [-0.05, 0) is 54.5 Å². The maximum atomic E-state index is 15.0. The Morgan fingerprint density at radius 3 is 2.29 bits per heavy atom. The number of alkyl halides is 1. The molecule has 2 atom stereocenters. The molecular weight excluding hydrogens is 724 g/mol. The van der Waals surface area contributed by atoms with Crippen molar-refractivity contribution in [3.63, 3.8) is 0 Å². The molecule has 3 aromatic rings. The van der Waals surface area contributed by atoms with Crippen molar-refractivity contribution in [1.29, 1.82) is 0 Å². The maximum Gasteiger partial charge on any atom is 0.248 e. The van der Waals surface area contributed by atoms with Crippen molar-refractivity contribution >= 4 is 39.4 Å². The Morgan fingerprint density at radius 1 is 0.961 bits per heavy atom. The van der Waals surface area contributed by atoms with Gasteiger partial charge in [-0.3, -0.25) is 19.2 Å². The lowest BCUT2D eigenvalue weighted by Gasteiger charge is -2.41. The first-order valence-electron chi connectivity index (χ1n) is 17.2. The van der Waals surface area contributed by atoms with Gasteiger partial charge in [0.2, 0.25) is 17.7 Å². The Bertz CT molecular complexity index is 1610. The minimum absolute atomic E-state index is 0.0730. The number of rotatable bonds is 20. The van der Waals surface area contributed by atoms with Gasteiger partial charge < -0.3 is 30.9 Å². The normalized spacial score (nSPS) is 12.6. The lowest BCUT2D eigenvalue weighted by atomic mass is 9.82. The molecule has 51 heavy (non-hydrogen) atoms. The molecule has 0 aliphatic rings. The molecule has 5 N–H and O–H groups in total. The second-order valence-corrected chi connectivity index (χ2v) is 14.3. The Morgan fingerprint density at radius 2 is 1.65 bits per heavy atom. The van der Waals surface area contributed by atoms with Crippen LogP contribution in [-0.2, 0) is 25.7 Å². The summed E-state index contributed by atoms with van der Waals surface area (Å²) in [5.41, 5.74) is 7.98. The van der Waals surface area contributed by atoms with Crippen molar-refractivity contribution in [1.82, 2.24) is 20.1 Å². The SMILES string of the molecule is CC(C)(C)[C@H](c1cc(-c2cc(F)ccc2F)cn1Cc1ccccc1)N(CC[C@H](N)CNC(=O)CCCC(=O)NCCCC(=O)CBr)C(=O)CO. The standard InChI is InChI=1S/C38H50BrF2N5O5/c1-38(2,3)37(33-19-27(31-20-28(40)14-15-32(31)41)24-45(33)23-26-9-5-4-6-10-26)46(36(51)25-47)18-16-29(42)22-44-35(50)13-7-12-34(49)43-17-8-11-30(48)21-39/h4-6,9-10,14-15,19-20,24,29,37,47H,7-8,11-13,16-18,21-23,25,42H2,1-3H3,(H,43,49)(H,44,50)/t29-,37-/m0/s1. The third-order valence-corrected chi connectivity index (χ3v) is 9.07. The van der Waals surface area contributed by atoms with Crippen LogP contribution in [0.4, 0.5) is 8.78 Å². The van der Waals surface area contributed by atoms with E-state index in [0.717, 1.165) is 23.8 Å². The van der Waals surface area contributed by atoms with Gasteiger partial charge in [0.25, 0.3) is 0 Å². The van der Waals surface area contributed by atoms with Gasteiger partial charge in [0.1, 0.15) is 24.0 Å². The van der Waals surface area contributed by atoms with Crippen LogP contribution in [0.2, 0.25) is 0 Å². The zero-order valence-electron chi connectivity index (χ0n) is 29.6. The van der Waals surface area contributed by atoms with Gasteiger partial charge in [-0.1, -0.05) is 67.0 Å². The van der Waals surface area contributed by atoms with Crippen LogP contribution in [-0.4, -0.2) is 75.7 Å². The number of carbonyl (C=O) groups excluding carboxylic acids is 4. The van der Waals surface area contributed by atoms with Gasteiger partial charge in [-0.2, -0.15) is 0 Å². The Kier molecular flexibility index (Phi) is 16.4. The molecule has 1 heterocycles. The average Bonchev–Trinajstić information content (AvgIpc) is 3.49. The van der Waals surface area contributed by atoms with E-state index in [1.807, 2.05) is 55.7 Å². The molecule has 278 valence electrons. The largest absolute Gasteiger partial charge is 0.387 e. The highest BCUT2D eigenvalue weighted by atomic mass is 79.9.